The van der Waals surface area contributed by atoms with Gasteiger partial charge in [0.05, 0.1) is 29.5 Å². The summed E-state index contributed by atoms with van der Waals surface area (Å²) in [4.78, 5) is 12.4. The lowest BCUT2D eigenvalue weighted by Gasteiger charge is -2.34. The largest absolute Gasteiger partial charge is 0.393 e. The monoisotopic (exact) mass is 596 g/mol. The number of nitrogens with one attached hydrogen (secondary N) is 2. The van der Waals surface area contributed by atoms with E-state index in [2.05, 4.69) is 54.7 Å². The summed E-state index contributed by atoms with van der Waals surface area (Å²) in [6.45, 7) is 5.04. The Kier molecular flexibility index (Phi) is 8.22. The Labute approximate surface area is 246 Å². The first-order chi connectivity index (χ1) is 19.4. The van der Waals surface area contributed by atoms with Crippen LogP contribution in [0.2, 0.25) is 10.0 Å². The molecule has 2 aromatic carbocycles. The molecule has 40 heavy (non-hydrogen) atoms. The van der Waals surface area contributed by atoms with E-state index in [4.69, 9.17) is 27.9 Å². The number of rotatable bonds is 9. The summed E-state index contributed by atoms with van der Waals surface area (Å²) in [5.41, 5.74) is 11.0. The van der Waals surface area contributed by atoms with Crippen molar-refractivity contribution in [1.82, 2.24) is 25.4 Å². The fourth-order valence-corrected chi connectivity index (χ4v) is 6.84. The second-order valence-electron chi connectivity index (χ2n) is 10.0. The van der Waals surface area contributed by atoms with Crippen LogP contribution in [0.15, 0.2) is 61.1 Å². The van der Waals surface area contributed by atoms with Gasteiger partial charge in [0.25, 0.3) is 0 Å². The molecule has 6 rings (SSSR count). The van der Waals surface area contributed by atoms with Gasteiger partial charge in [0.15, 0.2) is 0 Å². The fourth-order valence-electron chi connectivity index (χ4n) is 5.13. The highest BCUT2D eigenvalue weighted by Gasteiger charge is 2.24. The lowest BCUT2D eigenvalue weighted by molar-refractivity contribution is 0.00783. The molecule has 5 aromatic rings. The fraction of sp³-hybridized carbons (Fsp3) is 0.310. The number of nitrogens with zero attached hydrogens (tertiary/aromatic N) is 4. The number of morpholine rings is 1. The molecular formula is C29H30Cl2N6O2S. The van der Waals surface area contributed by atoms with Crippen molar-refractivity contribution in [1.29, 1.82) is 0 Å². The minimum absolute atomic E-state index is 0.211. The van der Waals surface area contributed by atoms with Gasteiger partial charge in [-0.3, -0.25) is 5.43 Å². The standard InChI is InChI=1S/C29H30Cl2N6O2S/c1-18(38)10-22-12-25-28(40-22)29(33-17-32-25)36-8-9-39-27(16-36)35-34-13-20-15-37(26-5-3-2-4-23(20)26)14-19-6-7-21(30)11-24(19)31/h2-7,11-12,15,17-18,27,34-35,38H,8-10,13-14,16H2,1H3. The zero-order valence-electron chi connectivity index (χ0n) is 22.0. The van der Waals surface area contributed by atoms with E-state index < -0.39 is 6.10 Å². The average molecular weight is 598 g/mol. The van der Waals surface area contributed by atoms with E-state index in [1.54, 1.807) is 30.7 Å². The number of halogens is 2. The summed E-state index contributed by atoms with van der Waals surface area (Å²) in [7, 11) is 0. The normalized spacial score (nSPS) is 16.7. The number of para-hydroxylation sites is 1. The quantitative estimate of drug-likeness (QED) is 0.197. The molecule has 0 bridgehead atoms. The van der Waals surface area contributed by atoms with Gasteiger partial charge < -0.3 is 19.3 Å². The second-order valence-corrected chi connectivity index (χ2v) is 12.0. The smallest absolute Gasteiger partial charge is 0.150 e. The zero-order valence-corrected chi connectivity index (χ0v) is 24.3. The summed E-state index contributed by atoms with van der Waals surface area (Å²) in [6.07, 6.45) is 3.78. The average Bonchev–Trinajstić information content (AvgIpc) is 3.51. The molecular weight excluding hydrogens is 567 g/mol. The summed E-state index contributed by atoms with van der Waals surface area (Å²) in [5, 5.41) is 12.3. The molecule has 8 nitrogen and oxygen atoms in total. The summed E-state index contributed by atoms with van der Waals surface area (Å²) in [5.74, 6) is 0.908. The summed E-state index contributed by atoms with van der Waals surface area (Å²) < 4.78 is 9.27. The van der Waals surface area contributed by atoms with Crippen molar-refractivity contribution in [3.05, 3.63) is 87.1 Å². The first-order valence-electron chi connectivity index (χ1n) is 13.2. The Bertz CT molecular complexity index is 1640. The molecule has 4 heterocycles. The van der Waals surface area contributed by atoms with Gasteiger partial charge >= 0.3 is 0 Å². The number of hydrogen-bond donors (Lipinski definition) is 3. The van der Waals surface area contributed by atoms with Crippen molar-refractivity contribution < 1.29 is 9.84 Å². The van der Waals surface area contributed by atoms with Gasteiger partial charge in [-0.15, -0.1) is 11.3 Å². The number of aromatic nitrogens is 3. The maximum Gasteiger partial charge on any atom is 0.150 e. The number of benzene rings is 2. The van der Waals surface area contributed by atoms with Gasteiger partial charge in [-0.1, -0.05) is 47.5 Å². The molecule has 3 aromatic heterocycles. The Morgan fingerprint density at radius 3 is 2.88 bits per heavy atom. The van der Waals surface area contributed by atoms with E-state index >= 15 is 0 Å². The van der Waals surface area contributed by atoms with Gasteiger partial charge in [-0.05, 0) is 42.3 Å². The van der Waals surface area contributed by atoms with Crippen molar-refractivity contribution in [2.24, 2.45) is 0 Å². The number of aliphatic hydroxyl groups excluding tert-OH is 1. The Morgan fingerprint density at radius 2 is 2.02 bits per heavy atom. The van der Waals surface area contributed by atoms with E-state index in [1.165, 1.54) is 10.9 Å². The Morgan fingerprint density at radius 1 is 1.15 bits per heavy atom. The van der Waals surface area contributed by atoms with Gasteiger partial charge in [-0.2, -0.15) is 0 Å². The van der Waals surface area contributed by atoms with Gasteiger partial charge in [0.1, 0.15) is 18.4 Å². The van der Waals surface area contributed by atoms with Crippen molar-refractivity contribution in [2.75, 3.05) is 24.6 Å². The highest BCUT2D eigenvalue weighted by molar-refractivity contribution is 7.19. The van der Waals surface area contributed by atoms with Crippen LogP contribution in [-0.4, -0.2) is 51.7 Å². The van der Waals surface area contributed by atoms with Gasteiger partial charge in [0.2, 0.25) is 0 Å². The first kappa shape index (κ1) is 27.4. The van der Waals surface area contributed by atoms with Gasteiger partial charge in [0, 0.05) is 58.1 Å². The van der Waals surface area contributed by atoms with Crippen molar-refractivity contribution in [3.8, 4) is 0 Å². The second kappa shape index (κ2) is 12.0. The van der Waals surface area contributed by atoms with Crippen LogP contribution in [0.3, 0.4) is 0 Å². The lowest BCUT2D eigenvalue weighted by atomic mass is 10.2. The molecule has 0 spiro atoms. The molecule has 2 unspecified atom stereocenters. The van der Waals surface area contributed by atoms with Gasteiger partial charge in [-0.25, -0.2) is 15.4 Å². The Hall–Kier alpha value is -2.76. The van der Waals surface area contributed by atoms with Crippen LogP contribution in [0, 0.1) is 0 Å². The van der Waals surface area contributed by atoms with Crippen LogP contribution in [0.1, 0.15) is 22.9 Å². The number of anilines is 1. The van der Waals surface area contributed by atoms with Crippen molar-refractivity contribution in [3.63, 3.8) is 0 Å². The molecule has 1 aliphatic heterocycles. The molecule has 0 aliphatic carbocycles. The molecule has 1 saturated heterocycles. The zero-order chi connectivity index (χ0) is 27.6. The molecule has 208 valence electrons. The predicted octanol–water partition coefficient (Wildman–Crippen LogP) is 5.38. The number of hydrogen-bond acceptors (Lipinski definition) is 8. The van der Waals surface area contributed by atoms with Crippen LogP contribution < -0.4 is 15.8 Å². The molecule has 3 N–H and O–H groups in total. The van der Waals surface area contributed by atoms with Crippen molar-refractivity contribution in [2.45, 2.75) is 38.8 Å². The molecule has 0 radical (unpaired) electrons. The minimum Gasteiger partial charge on any atom is -0.393 e. The third-order valence-electron chi connectivity index (χ3n) is 6.97. The maximum absolute atomic E-state index is 9.81. The van der Waals surface area contributed by atoms with Crippen LogP contribution in [0.4, 0.5) is 5.82 Å². The van der Waals surface area contributed by atoms with E-state index in [0.717, 1.165) is 38.5 Å². The number of ether oxygens (including phenoxy) is 1. The topological polar surface area (TPSA) is 87.5 Å². The number of hydrazine groups is 1. The Balaban J connectivity index is 1.13. The summed E-state index contributed by atoms with van der Waals surface area (Å²) >= 11 is 14.2. The van der Waals surface area contributed by atoms with Crippen molar-refractivity contribution >= 4 is 61.5 Å². The summed E-state index contributed by atoms with van der Waals surface area (Å²) in [6, 6.07) is 16.0. The highest BCUT2D eigenvalue weighted by atomic mass is 35.5. The van der Waals surface area contributed by atoms with Crippen LogP contribution in [0.25, 0.3) is 21.1 Å². The predicted molar refractivity (Wildman–Crippen MR) is 162 cm³/mol. The number of aliphatic hydroxyl groups is 1. The third kappa shape index (κ3) is 5.96. The van der Waals surface area contributed by atoms with E-state index in [1.807, 2.05) is 24.3 Å². The molecule has 1 fully saturated rings. The number of fused-ring (bicyclic) bond motifs is 2. The number of thiophene rings is 1. The van der Waals surface area contributed by atoms with Crippen LogP contribution in [0.5, 0.6) is 0 Å². The SMILES string of the molecule is CC(O)Cc1cc2ncnc(N3CCOC(NNCc4cn(Cc5ccc(Cl)cc5Cl)c5ccccc45)C3)c2s1. The van der Waals surface area contributed by atoms with E-state index in [9.17, 15) is 5.11 Å². The maximum atomic E-state index is 9.81. The molecule has 1 aliphatic rings. The first-order valence-corrected chi connectivity index (χ1v) is 14.8. The van der Waals surface area contributed by atoms with Crippen LogP contribution >= 0.6 is 34.5 Å². The molecule has 0 amide bonds. The third-order valence-corrected chi connectivity index (χ3v) is 8.70. The minimum atomic E-state index is -0.392. The van der Waals surface area contributed by atoms with Crippen LogP contribution in [-0.2, 0) is 24.2 Å². The lowest BCUT2D eigenvalue weighted by Crippen LogP contribution is -2.53. The van der Waals surface area contributed by atoms with E-state index in [0.29, 0.717) is 42.7 Å². The molecule has 11 heteroatoms. The highest BCUT2D eigenvalue weighted by Crippen LogP contribution is 2.32. The van der Waals surface area contributed by atoms with E-state index in [-0.39, 0.29) is 6.23 Å². The molecule has 0 saturated carbocycles. The molecule has 2 atom stereocenters.